The predicted octanol–water partition coefficient (Wildman–Crippen LogP) is 2.70. The number of anilines is 2. The van der Waals surface area contributed by atoms with Gasteiger partial charge in [-0.05, 0) is 36.4 Å². The Morgan fingerprint density at radius 2 is 1.62 bits per heavy atom. The molecule has 0 aliphatic rings. The molecule has 0 atom stereocenters. The van der Waals surface area contributed by atoms with Gasteiger partial charge in [0.25, 0.3) is 0 Å². The SMILES string of the molecule is CN(C)S(=O)(=O)N(CC(=O)Nc1ccc(Br)cc1)c1ccccc1. The number of para-hydroxylation sites is 1. The highest BCUT2D eigenvalue weighted by Gasteiger charge is 2.27. The molecule has 0 bridgehead atoms. The van der Waals surface area contributed by atoms with Crippen LogP contribution < -0.4 is 9.62 Å². The second-order valence-electron chi connectivity index (χ2n) is 5.19. The fourth-order valence-corrected chi connectivity index (χ4v) is 3.29. The average Bonchev–Trinajstić information content (AvgIpc) is 2.55. The Bertz CT molecular complexity index is 793. The van der Waals surface area contributed by atoms with Crippen molar-refractivity contribution < 1.29 is 13.2 Å². The van der Waals surface area contributed by atoms with Crippen LogP contribution in [0.4, 0.5) is 11.4 Å². The number of rotatable bonds is 6. The topological polar surface area (TPSA) is 69.7 Å². The van der Waals surface area contributed by atoms with Gasteiger partial charge in [0.05, 0.1) is 5.69 Å². The molecule has 0 aliphatic heterocycles. The minimum atomic E-state index is -3.79. The van der Waals surface area contributed by atoms with E-state index in [4.69, 9.17) is 0 Å². The average molecular weight is 412 g/mol. The first-order valence-corrected chi connectivity index (χ1v) is 9.30. The highest BCUT2D eigenvalue weighted by molar-refractivity contribution is 9.10. The van der Waals surface area contributed by atoms with Crippen LogP contribution in [0, 0.1) is 0 Å². The third kappa shape index (κ3) is 4.56. The lowest BCUT2D eigenvalue weighted by atomic mass is 10.3. The molecular formula is C16H18BrN3O3S. The first-order valence-electron chi connectivity index (χ1n) is 7.11. The van der Waals surface area contributed by atoms with Crippen molar-refractivity contribution in [3.8, 4) is 0 Å². The number of nitrogens with zero attached hydrogens (tertiary/aromatic N) is 2. The minimum absolute atomic E-state index is 0.319. The van der Waals surface area contributed by atoms with Crippen molar-refractivity contribution in [2.45, 2.75) is 0 Å². The second kappa shape index (κ2) is 7.78. The summed E-state index contributed by atoms with van der Waals surface area (Å²) in [6.07, 6.45) is 0. The second-order valence-corrected chi connectivity index (χ2v) is 8.17. The van der Waals surface area contributed by atoms with Crippen LogP contribution in [-0.2, 0) is 15.0 Å². The zero-order valence-corrected chi connectivity index (χ0v) is 15.7. The molecule has 2 aromatic rings. The predicted molar refractivity (Wildman–Crippen MR) is 99.2 cm³/mol. The molecule has 0 fully saturated rings. The van der Waals surface area contributed by atoms with Crippen molar-refractivity contribution in [1.82, 2.24) is 4.31 Å². The van der Waals surface area contributed by atoms with Gasteiger partial charge in [-0.2, -0.15) is 12.7 Å². The standard InChI is InChI=1S/C16H18BrN3O3S/c1-19(2)24(22,23)20(15-6-4-3-5-7-15)12-16(21)18-14-10-8-13(17)9-11-14/h3-11H,12H2,1-2H3,(H,18,21). The van der Waals surface area contributed by atoms with Crippen LogP contribution in [0.15, 0.2) is 59.1 Å². The zero-order valence-electron chi connectivity index (χ0n) is 13.3. The summed E-state index contributed by atoms with van der Waals surface area (Å²) in [5.74, 6) is -0.424. The lowest BCUT2D eigenvalue weighted by Crippen LogP contribution is -2.44. The molecule has 0 saturated carbocycles. The maximum Gasteiger partial charge on any atom is 0.304 e. The van der Waals surface area contributed by atoms with E-state index in [2.05, 4.69) is 21.2 Å². The summed E-state index contributed by atoms with van der Waals surface area (Å²) in [6, 6.07) is 15.6. The minimum Gasteiger partial charge on any atom is -0.325 e. The molecule has 2 aromatic carbocycles. The van der Waals surface area contributed by atoms with E-state index < -0.39 is 16.1 Å². The number of benzene rings is 2. The number of halogens is 1. The molecule has 2 rings (SSSR count). The van der Waals surface area contributed by atoms with E-state index in [1.54, 1.807) is 54.6 Å². The van der Waals surface area contributed by atoms with E-state index in [0.29, 0.717) is 11.4 Å². The zero-order chi connectivity index (χ0) is 17.7. The molecule has 1 amide bonds. The summed E-state index contributed by atoms with van der Waals surface area (Å²) in [4.78, 5) is 12.3. The number of carbonyl (C=O) groups is 1. The molecule has 0 heterocycles. The smallest absolute Gasteiger partial charge is 0.304 e. The normalized spacial score (nSPS) is 11.3. The third-order valence-corrected chi connectivity index (χ3v) is 5.55. The summed E-state index contributed by atoms with van der Waals surface area (Å²) in [6.45, 7) is -0.319. The Morgan fingerprint density at radius 1 is 1.04 bits per heavy atom. The fourth-order valence-electron chi connectivity index (χ4n) is 1.96. The molecule has 0 spiro atoms. The van der Waals surface area contributed by atoms with Gasteiger partial charge in [0.2, 0.25) is 5.91 Å². The van der Waals surface area contributed by atoms with Crippen LogP contribution in [0.3, 0.4) is 0 Å². The summed E-state index contributed by atoms with van der Waals surface area (Å²) >= 11 is 3.32. The number of amides is 1. The maximum atomic E-state index is 12.5. The van der Waals surface area contributed by atoms with Gasteiger partial charge < -0.3 is 5.32 Å². The molecule has 8 heteroatoms. The third-order valence-electron chi connectivity index (χ3n) is 3.20. The summed E-state index contributed by atoms with van der Waals surface area (Å²) in [5.41, 5.74) is 1.02. The van der Waals surface area contributed by atoms with Gasteiger partial charge in [0.1, 0.15) is 6.54 Å². The van der Waals surface area contributed by atoms with Crippen molar-refractivity contribution in [2.75, 3.05) is 30.3 Å². The van der Waals surface area contributed by atoms with E-state index in [9.17, 15) is 13.2 Å². The highest BCUT2D eigenvalue weighted by Crippen LogP contribution is 2.19. The van der Waals surface area contributed by atoms with Crippen molar-refractivity contribution in [3.05, 3.63) is 59.1 Å². The quantitative estimate of drug-likeness (QED) is 0.793. The van der Waals surface area contributed by atoms with Crippen LogP contribution in [-0.4, -0.2) is 39.3 Å². The van der Waals surface area contributed by atoms with E-state index in [1.165, 1.54) is 14.1 Å². The van der Waals surface area contributed by atoms with Gasteiger partial charge >= 0.3 is 10.2 Å². The first kappa shape index (κ1) is 18.4. The number of hydrogen-bond donors (Lipinski definition) is 1. The van der Waals surface area contributed by atoms with E-state index >= 15 is 0 Å². The van der Waals surface area contributed by atoms with Gasteiger partial charge in [0.15, 0.2) is 0 Å². The van der Waals surface area contributed by atoms with E-state index in [0.717, 1.165) is 13.1 Å². The lowest BCUT2D eigenvalue weighted by molar-refractivity contribution is -0.114. The Labute approximate surface area is 150 Å². The number of carbonyl (C=O) groups excluding carboxylic acids is 1. The first-order chi connectivity index (χ1) is 11.3. The molecule has 24 heavy (non-hydrogen) atoms. The fraction of sp³-hybridized carbons (Fsp3) is 0.188. The van der Waals surface area contributed by atoms with Gasteiger partial charge in [-0.25, -0.2) is 4.31 Å². The molecule has 6 nitrogen and oxygen atoms in total. The summed E-state index contributed by atoms with van der Waals surface area (Å²) < 4.78 is 28.1. The summed E-state index contributed by atoms with van der Waals surface area (Å²) in [5, 5.41) is 2.70. The number of hydrogen-bond acceptors (Lipinski definition) is 3. The largest absolute Gasteiger partial charge is 0.325 e. The van der Waals surface area contributed by atoms with Crippen LogP contribution >= 0.6 is 15.9 Å². The summed E-state index contributed by atoms with van der Waals surface area (Å²) in [7, 11) is -0.931. The van der Waals surface area contributed by atoms with Crippen molar-refractivity contribution in [1.29, 1.82) is 0 Å². The molecular weight excluding hydrogens is 394 g/mol. The van der Waals surface area contributed by atoms with E-state index in [1.807, 2.05) is 0 Å². The molecule has 128 valence electrons. The lowest BCUT2D eigenvalue weighted by Gasteiger charge is -2.26. The molecule has 0 unspecified atom stereocenters. The van der Waals surface area contributed by atoms with Crippen molar-refractivity contribution in [3.63, 3.8) is 0 Å². The van der Waals surface area contributed by atoms with Crippen LogP contribution in [0.5, 0.6) is 0 Å². The Hall–Kier alpha value is -1.90. The maximum absolute atomic E-state index is 12.5. The van der Waals surface area contributed by atoms with Gasteiger partial charge in [0, 0.05) is 24.3 Å². The van der Waals surface area contributed by atoms with Crippen LogP contribution in [0.25, 0.3) is 0 Å². The number of nitrogens with one attached hydrogen (secondary N) is 1. The van der Waals surface area contributed by atoms with Crippen molar-refractivity contribution in [2.24, 2.45) is 0 Å². The van der Waals surface area contributed by atoms with Gasteiger partial charge in [-0.15, -0.1) is 0 Å². The molecule has 0 aliphatic carbocycles. The van der Waals surface area contributed by atoms with Crippen LogP contribution in [0.2, 0.25) is 0 Å². The Kier molecular flexibility index (Phi) is 5.98. The van der Waals surface area contributed by atoms with E-state index in [-0.39, 0.29) is 6.54 Å². The Balaban J connectivity index is 2.22. The molecule has 0 saturated heterocycles. The molecule has 0 aromatic heterocycles. The molecule has 1 N–H and O–H groups in total. The van der Waals surface area contributed by atoms with Crippen molar-refractivity contribution >= 4 is 43.4 Å². The monoisotopic (exact) mass is 411 g/mol. The molecule has 0 radical (unpaired) electrons. The van der Waals surface area contributed by atoms with Gasteiger partial charge in [-0.3, -0.25) is 4.79 Å². The highest BCUT2D eigenvalue weighted by atomic mass is 79.9. The van der Waals surface area contributed by atoms with Crippen LogP contribution in [0.1, 0.15) is 0 Å². The van der Waals surface area contributed by atoms with Gasteiger partial charge in [-0.1, -0.05) is 34.1 Å². The Morgan fingerprint density at radius 3 is 2.17 bits per heavy atom.